The van der Waals surface area contributed by atoms with Gasteiger partial charge in [0.15, 0.2) is 11.5 Å². The lowest BCUT2D eigenvalue weighted by Crippen LogP contribution is -2.46. The molecule has 4 heterocycles. The van der Waals surface area contributed by atoms with Crippen LogP contribution in [0.4, 0.5) is 5.82 Å². The molecule has 0 aromatic carbocycles. The third-order valence-electron chi connectivity index (χ3n) is 4.03. The summed E-state index contributed by atoms with van der Waals surface area (Å²) in [5.41, 5.74) is 1.92. The molecule has 0 unspecified atom stereocenters. The molecular formula is C15H18N6O. The summed E-state index contributed by atoms with van der Waals surface area (Å²) in [5.74, 6) is 1.83. The van der Waals surface area contributed by atoms with Gasteiger partial charge in [-0.1, -0.05) is 5.16 Å². The van der Waals surface area contributed by atoms with E-state index in [1.165, 1.54) is 0 Å². The fourth-order valence-corrected chi connectivity index (χ4v) is 2.90. The van der Waals surface area contributed by atoms with Crippen LogP contribution >= 0.6 is 0 Å². The van der Waals surface area contributed by atoms with Crippen LogP contribution in [0.3, 0.4) is 0 Å². The first kappa shape index (κ1) is 13.3. The van der Waals surface area contributed by atoms with Crippen LogP contribution in [0.15, 0.2) is 35.4 Å². The van der Waals surface area contributed by atoms with Crippen LogP contribution in [0.25, 0.3) is 5.65 Å². The van der Waals surface area contributed by atoms with Crippen LogP contribution in [-0.2, 0) is 6.54 Å². The highest BCUT2D eigenvalue weighted by Crippen LogP contribution is 2.19. The molecule has 0 radical (unpaired) electrons. The first-order chi connectivity index (χ1) is 10.8. The summed E-state index contributed by atoms with van der Waals surface area (Å²) < 4.78 is 7.13. The molecule has 0 aliphatic carbocycles. The molecule has 3 aromatic rings. The molecule has 0 spiro atoms. The summed E-state index contributed by atoms with van der Waals surface area (Å²) in [4.78, 5) is 13.6. The maximum absolute atomic E-state index is 5.13. The molecule has 1 aliphatic heterocycles. The van der Waals surface area contributed by atoms with E-state index < -0.39 is 0 Å². The zero-order valence-corrected chi connectivity index (χ0v) is 12.5. The van der Waals surface area contributed by atoms with Crippen molar-refractivity contribution in [2.75, 3.05) is 31.1 Å². The minimum atomic E-state index is 0.839. The molecule has 7 nitrogen and oxygen atoms in total. The number of rotatable bonds is 3. The smallest absolute Gasteiger partial charge is 0.180 e. The van der Waals surface area contributed by atoms with Crippen molar-refractivity contribution in [1.29, 1.82) is 0 Å². The summed E-state index contributed by atoms with van der Waals surface area (Å²) in [6.07, 6.45) is 7.51. The van der Waals surface area contributed by atoms with E-state index in [0.29, 0.717) is 0 Å². The van der Waals surface area contributed by atoms with E-state index in [0.717, 1.165) is 55.6 Å². The molecular weight excluding hydrogens is 280 g/mol. The Bertz CT molecular complexity index is 771. The first-order valence-corrected chi connectivity index (χ1v) is 7.47. The van der Waals surface area contributed by atoms with Crippen molar-refractivity contribution in [2.45, 2.75) is 13.5 Å². The lowest BCUT2D eigenvalue weighted by Gasteiger charge is -2.34. The summed E-state index contributed by atoms with van der Waals surface area (Å²) in [5, 5.41) is 4.07. The zero-order chi connectivity index (χ0) is 14.9. The van der Waals surface area contributed by atoms with Crippen LogP contribution in [0.5, 0.6) is 0 Å². The molecule has 3 aromatic heterocycles. The summed E-state index contributed by atoms with van der Waals surface area (Å²) in [6.45, 7) is 6.61. The summed E-state index contributed by atoms with van der Waals surface area (Å²) >= 11 is 0. The third kappa shape index (κ3) is 2.43. The highest BCUT2D eigenvalue weighted by molar-refractivity contribution is 5.64. The topological polar surface area (TPSA) is 62.7 Å². The fourth-order valence-electron chi connectivity index (χ4n) is 2.90. The molecule has 0 N–H and O–H groups in total. The standard InChI is InChI=1S/C15H18N6O/c1-12-10-13(18-22-12)11-19-6-8-21(9-7-19)15-14-16-2-4-20(14)5-3-17-15/h2-5,10H,6-9,11H2,1H3. The van der Waals surface area contributed by atoms with Gasteiger partial charge in [-0.3, -0.25) is 4.90 Å². The average Bonchev–Trinajstić information content (AvgIpc) is 3.16. The second kappa shape index (κ2) is 5.42. The van der Waals surface area contributed by atoms with Gasteiger partial charge in [0.2, 0.25) is 0 Å². The molecule has 0 bridgehead atoms. The highest BCUT2D eigenvalue weighted by Gasteiger charge is 2.21. The van der Waals surface area contributed by atoms with Gasteiger partial charge in [0, 0.05) is 63.6 Å². The Morgan fingerprint density at radius 3 is 2.59 bits per heavy atom. The van der Waals surface area contributed by atoms with E-state index >= 15 is 0 Å². The van der Waals surface area contributed by atoms with Crippen LogP contribution in [-0.4, -0.2) is 50.6 Å². The lowest BCUT2D eigenvalue weighted by molar-refractivity contribution is 0.241. The quantitative estimate of drug-likeness (QED) is 0.727. The predicted octanol–water partition coefficient (Wildman–Crippen LogP) is 1.35. The second-order valence-electron chi connectivity index (χ2n) is 5.60. The molecule has 22 heavy (non-hydrogen) atoms. The molecule has 0 atom stereocenters. The van der Waals surface area contributed by atoms with Crippen molar-refractivity contribution in [3.8, 4) is 0 Å². The number of piperazine rings is 1. The van der Waals surface area contributed by atoms with Gasteiger partial charge in [-0.2, -0.15) is 0 Å². The van der Waals surface area contributed by atoms with Gasteiger partial charge >= 0.3 is 0 Å². The van der Waals surface area contributed by atoms with E-state index in [1.807, 2.05) is 42.2 Å². The van der Waals surface area contributed by atoms with Crippen LogP contribution in [0.2, 0.25) is 0 Å². The van der Waals surface area contributed by atoms with E-state index in [4.69, 9.17) is 4.52 Å². The van der Waals surface area contributed by atoms with Crippen molar-refractivity contribution in [1.82, 2.24) is 24.4 Å². The molecule has 1 aliphatic rings. The van der Waals surface area contributed by atoms with Crippen LogP contribution in [0, 0.1) is 6.92 Å². The Hall–Kier alpha value is -2.41. The van der Waals surface area contributed by atoms with Crippen molar-refractivity contribution in [2.24, 2.45) is 0 Å². The number of hydrogen-bond acceptors (Lipinski definition) is 6. The molecule has 0 saturated carbocycles. The largest absolute Gasteiger partial charge is 0.361 e. The van der Waals surface area contributed by atoms with Crippen LogP contribution < -0.4 is 4.90 Å². The Kier molecular flexibility index (Phi) is 3.27. The van der Waals surface area contributed by atoms with Gasteiger partial charge in [0.05, 0.1) is 5.69 Å². The van der Waals surface area contributed by atoms with Gasteiger partial charge in [-0.15, -0.1) is 0 Å². The zero-order valence-electron chi connectivity index (χ0n) is 12.5. The van der Waals surface area contributed by atoms with Crippen molar-refractivity contribution >= 4 is 11.5 Å². The van der Waals surface area contributed by atoms with E-state index in [-0.39, 0.29) is 0 Å². The number of imidazole rings is 1. The average molecular weight is 298 g/mol. The Morgan fingerprint density at radius 2 is 1.86 bits per heavy atom. The molecule has 114 valence electrons. The third-order valence-corrected chi connectivity index (χ3v) is 4.03. The van der Waals surface area contributed by atoms with Gasteiger partial charge < -0.3 is 13.8 Å². The monoisotopic (exact) mass is 298 g/mol. The number of anilines is 1. The second-order valence-corrected chi connectivity index (χ2v) is 5.60. The number of nitrogens with zero attached hydrogens (tertiary/aromatic N) is 6. The number of fused-ring (bicyclic) bond motifs is 1. The number of aryl methyl sites for hydroxylation is 1. The predicted molar refractivity (Wildman–Crippen MR) is 81.7 cm³/mol. The maximum Gasteiger partial charge on any atom is 0.180 e. The Labute approximate surface area is 128 Å². The highest BCUT2D eigenvalue weighted by atomic mass is 16.5. The van der Waals surface area contributed by atoms with Gasteiger partial charge in [0.25, 0.3) is 0 Å². The first-order valence-electron chi connectivity index (χ1n) is 7.47. The van der Waals surface area contributed by atoms with E-state index in [9.17, 15) is 0 Å². The Balaban J connectivity index is 1.44. The van der Waals surface area contributed by atoms with Gasteiger partial charge in [-0.25, -0.2) is 9.97 Å². The molecule has 7 heteroatoms. The van der Waals surface area contributed by atoms with Crippen molar-refractivity contribution in [3.05, 3.63) is 42.3 Å². The normalized spacial score (nSPS) is 16.5. The number of aromatic nitrogens is 4. The van der Waals surface area contributed by atoms with Gasteiger partial charge in [0.1, 0.15) is 5.76 Å². The summed E-state index contributed by atoms with van der Waals surface area (Å²) in [6, 6.07) is 2.00. The molecule has 1 saturated heterocycles. The van der Waals surface area contributed by atoms with Gasteiger partial charge in [-0.05, 0) is 6.92 Å². The van der Waals surface area contributed by atoms with Crippen molar-refractivity contribution in [3.63, 3.8) is 0 Å². The SMILES string of the molecule is Cc1cc(CN2CCN(c3nccn4ccnc34)CC2)no1. The minimum Gasteiger partial charge on any atom is -0.361 e. The fraction of sp³-hybridized carbons (Fsp3) is 0.400. The van der Waals surface area contributed by atoms with E-state index in [1.54, 1.807) is 0 Å². The molecule has 0 amide bonds. The maximum atomic E-state index is 5.13. The van der Waals surface area contributed by atoms with E-state index in [2.05, 4.69) is 24.9 Å². The molecule has 4 rings (SSSR count). The minimum absolute atomic E-state index is 0.839. The lowest BCUT2D eigenvalue weighted by atomic mass is 10.3. The summed E-state index contributed by atoms with van der Waals surface area (Å²) in [7, 11) is 0. The Morgan fingerprint density at radius 1 is 1.09 bits per heavy atom. The number of hydrogen-bond donors (Lipinski definition) is 0. The van der Waals surface area contributed by atoms with Crippen LogP contribution in [0.1, 0.15) is 11.5 Å². The molecule has 1 fully saturated rings. The van der Waals surface area contributed by atoms with Crippen molar-refractivity contribution < 1.29 is 4.52 Å².